The van der Waals surface area contributed by atoms with E-state index in [1.807, 2.05) is 0 Å². The third-order valence-electron chi connectivity index (χ3n) is 2.38. The second-order valence-corrected chi connectivity index (χ2v) is 5.70. The van der Waals surface area contributed by atoms with Crippen molar-refractivity contribution in [1.82, 2.24) is 0 Å². The average Bonchev–Trinajstić information content (AvgIpc) is 2.24. The maximum Gasteiger partial charge on any atom is 0.218 e. The van der Waals surface area contributed by atoms with Crippen LogP contribution in [0.2, 0.25) is 0 Å². The zero-order valence-corrected chi connectivity index (χ0v) is 11.4. The van der Waals surface area contributed by atoms with Crippen molar-refractivity contribution in [3.8, 4) is 0 Å². The van der Waals surface area contributed by atoms with Crippen LogP contribution >= 0.6 is 0 Å². The van der Waals surface area contributed by atoms with Gasteiger partial charge in [-0.1, -0.05) is 0 Å². The fraction of sp³-hybridized carbons (Fsp3) is 1.00. The SMILES string of the molecule is CO[C@@H]1CCO[C@H](COS(=O)(=O)[O-])C1OS(=O)(=O)[O-]. The van der Waals surface area contributed by atoms with Crippen molar-refractivity contribution < 1.29 is 43.8 Å². The molecule has 0 N–H and O–H groups in total. The maximum atomic E-state index is 10.6. The summed E-state index contributed by atoms with van der Waals surface area (Å²) in [5.41, 5.74) is 0. The van der Waals surface area contributed by atoms with Crippen molar-refractivity contribution >= 4 is 20.8 Å². The fourth-order valence-corrected chi connectivity index (χ4v) is 2.46. The molecule has 3 atom stereocenters. The topological polar surface area (TPSA) is 151 Å². The van der Waals surface area contributed by atoms with E-state index in [-0.39, 0.29) is 13.0 Å². The first kappa shape index (κ1) is 16.7. The summed E-state index contributed by atoms with van der Waals surface area (Å²) in [6.45, 7) is -0.671. The lowest BCUT2D eigenvalue weighted by Gasteiger charge is -2.36. The summed E-state index contributed by atoms with van der Waals surface area (Å²) in [4.78, 5) is 0. The maximum absolute atomic E-state index is 10.6. The number of ether oxygens (including phenoxy) is 2. The normalized spacial score (nSPS) is 29.3. The van der Waals surface area contributed by atoms with E-state index in [2.05, 4.69) is 8.37 Å². The van der Waals surface area contributed by atoms with Crippen LogP contribution in [0.4, 0.5) is 0 Å². The lowest BCUT2D eigenvalue weighted by atomic mass is 10.0. The molecule has 0 radical (unpaired) electrons. The molecule has 1 unspecified atom stereocenters. The molecule has 1 rings (SSSR count). The van der Waals surface area contributed by atoms with Crippen LogP contribution in [0.5, 0.6) is 0 Å². The van der Waals surface area contributed by atoms with Crippen molar-refractivity contribution in [2.24, 2.45) is 0 Å². The van der Waals surface area contributed by atoms with E-state index in [1.165, 1.54) is 7.11 Å². The van der Waals surface area contributed by atoms with Crippen molar-refractivity contribution in [1.29, 1.82) is 0 Å². The molecule has 0 aromatic rings. The van der Waals surface area contributed by atoms with Gasteiger partial charge in [0.25, 0.3) is 0 Å². The van der Waals surface area contributed by atoms with Gasteiger partial charge < -0.3 is 18.6 Å². The average molecular weight is 320 g/mol. The highest BCUT2D eigenvalue weighted by atomic mass is 32.3. The first-order chi connectivity index (χ1) is 8.62. The number of hydrogen-bond acceptors (Lipinski definition) is 10. The van der Waals surface area contributed by atoms with Gasteiger partial charge >= 0.3 is 0 Å². The second-order valence-electron chi connectivity index (χ2n) is 3.63. The third kappa shape index (κ3) is 6.09. The summed E-state index contributed by atoms with van der Waals surface area (Å²) in [5.74, 6) is 0. The minimum atomic E-state index is -5.05. The van der Waals surface area contributed by atoms with Crippen LogP contribution in [-0.2, 0) is 38.6 Å². The first-order valence-corrected chi connectivity index (χ1v) is 7.68. The minimum Gasteiger partial charge on any atom is -0.726 e. The van der Waals surface area contributed by atoms with Crippen molar-refractivity contribution in [3.05, 3.63) is 0 Å². The quantitative estimate of drug-likeness (QED) is 0.401. The molecule has 0 spiro atoms. The van der Waals surface area contributed by atoms with Crippen LogP contribution in [0.1, 0.15) is 6.42 Å². The van der Waals surface area contributed by atoms with Crippen molar-refractivity contribution in [3.63, 3.8) is 0 Å². The summed E-state index contributed by atoms with van der Waals surface area (Å²) in [6, 6.07) is 0. The van der Waals surface area contributed by atoms with E-state index >= 15 is 0 Å². The van der Waals surface area contributed by atoms with E-state index in [0.29, 0.717) is 0 Å². The van der Waals surface area contributed by atoms with Gasteiger partial charge in [-0.15, -0.1) is 0 Å². The van der Waals surface area contributed by atoms with Crippen LogP contribution < -0.4 is 0 Å². The summed E-state index contributed by atoms with van der Waals surface area (Å²) >= 11 is 0. The highest BCUT2D eigenvalue weighted by Gasteiger charge is 2.37. The van der Waals surface area contributed by atoms with Crippen LogP contribution in [0, 0.1) is 0 Å². The van der Waals surface area contributed by atoms with Crippen molar-refractivity contribution in [2.75, 3.05) is 20.3 Å². The lowest BCUT2D eigenvalue weighted by Crippen LogP contribution is -2.50. The predicted octanol–water partition coefficient (Wildman–Crippen LogP) is -1.89. The molecule has 0 amide bonds. The molecule has 12 heteroatoms. The van der Waals surface area contributed by atoms with Gasteiger partial charge in [0.1, 0.15) is 12.2 Å². The Balaban J connectivity index is 2.79. The molecular weight excluding hydrogens is 308 g/mol. The molecule has 0 aromatic heterocycles. The first-order valence-electron chi connectivity index (χ1n) is 5.01. The number of hydrogen-bond donors (Lipinski definition) is 0. The largest absolute Gasteiger partial charge is 0.726 e. The van der Waals surface area contributed by atoms with Gasteiger partial charge in [-0.3, -0.25) is 8.37 Å². The summed E-state index contributed by atoms with van der Waals surface area (Å²) < 4.78 is 81.0. The summed E-state index contributed by atoms with van der Waals surface area (Å²) in [6.07, 6.45) is -3.19. The molecule has 1 aliphatic rings. The third-order valence-corrected chi connectivity index (χ3v) is 3.26. The molecule has 19 heavy (non-hydrogen) atoms. The van der Waals surface area contributed by atoms with Crippen molar-refractivity contribution in [2.45, 2.75) is 24.7 Å². The van der Waals surface area contributed by atoms with Gasteiger partial charge in [0, 0.05) is 13.7 Å². The second kappa shape index (κ2) is 6.41. The molecule has 114 valence electrons. The molecule has 1 fully saturated rings. The molecule has 0 bridgehead atoms. The minimum absolute atomic E-state index is 0.101. The van der Waals surface area contributed by atoms with Crippen LogP contribution in [0.25, 0.3) is 0 Å². The van der Waals surface area contributed by atoms with E-state index in [4.69, 9.17) is 9.47 Å². The standard InChI is InChI=1S/C7H14O10S2/c1-14-5-2-3-15-6(4-16-18(8,9)10)7(5)17-19(11,12)13/h5-7H,2-4H2,1H3,(H,8,9,10)(H,11,12,13)/p-2/t5-,6-,7?/m1/s1. The molecule has 0 saturated carbocycles. The summed E-state index contributed by atoms with van der Waals surface area (Å²) in [7, 11) is -8.76. The molecule has 1 heterocycles. The smallest absolute Gasteiger partial charge is 0.218 e. The lowest BCUT2D eigenvalue weighted by molar-refractivity contribution is -0.145. The Bertz CT molecular complexity index is 482. The summed E-state index contributed by atoms with van der Waals surface area (Å²) in [5, 5.41) is 0. The Hall–Kier alpha value is -0.340. The Morgan fingerprint density at radius 1 is 1.21 bits per heavy atom. The monoisotopic (exact) mass is 320 g/mol. The van der Waals surface area contributed by atoms with Crippen LogP contribution in [0.15, 0.2) is 0 Å². The number of rotatable bonds is 6. The van der Waals surface area contributed by atoms with E-state index in [0.717, 1.165) is 0 Å². The molecule has 0 aromatic carbocycles. The van der Waals surface area contributed by atoms with Crippen LogP contribution in [-0.4, -0.2) is 64.6 Å². The van der Waals surface area contributed by atoms with Gasteiger partial charge in [-0.2, -0.15) is 0 Å². The molecule has 1 saturated heterocycles. The van der Waals surface area contributed by atoms with E-state index < -0.39 is 45.7 Å². The molecule has 1 aliphatic heterocycles. The highest BCUT2D eigenvalue weighted by molar-refractivity contribution is 7.81. The molecule has 0 aliphatic carbocycles. The molecular formula is C7H12O10S2-2. The predicted molar refractivity (Wildman–Crippen MR) is 55.4 cm³/mol. The van der Waals surface area contributed by atoms with E-state index in [9.17, 15) is 25.9 Å². The highest BCUT2D eigenvalue weighted by Crippen LogP contribution is 2.22. The number of methoxy groups -OCH3 is 1. The Morgan fingerprint density at radius 2 is 1.84 bits per heavy atom. The fourth-order valence-electron chi connectivity index (χ4n) is 1.64. The Labute approximate surface area is 110 Å². The molecule has 10 nitrogen and oxygen atoms in total. The van der Waals surface area contributed by atoms with Crippen LogP contribution in [0.3, 0.4) is 0 Å². The van der Waals surface area contributed by atoms with Gasteiger partial charge in [-0.05, 0) is 6.42 Å². The zero-order valence-electron chi connectivity index (χ0n) is 9.75. The van der Waals surface area contributed by atoms with E-state index in [1.54, 1.807) is 0 Å². The Kier molecular flexibility index (Phi) is 5.64. The van der Waals surface area contributed by atoms with Gasteiger partial charge in [-0.25, -0.2) is 16.8 Å². The van der Waals surface area contributed by atoms with Gasteiger partial charge in [0.05, 0.1) is 12.7 Å². The Morgan fingerprint density at radius 3 is 2.32 bits per heavy atom. The van der Waals surface area contributed by atoms with Gasteiger partial charge in [0.2, 0.25) is 20.8 Å². The zero-order chi connectivity index (χ0) is 14.7. The van der Waals surface area contributed by atoms with Gasteiger partial charge in [0.15, 0.2) is 0 Å².